The lowest BCUT2D eigenvalue weighted by Gasteiger charge is -2.50. The lowest BCUT2D eigenvalue weighted by Crippen LogP contribution is -2.58. The Bertz CT molecular complexity index is 1730. The van der Waals surface area contributed by atoms with Crippen LogP contribution in [0.3, 0.4) is 0 Å². The third-order valence-electron chi connectivity index (χ3n) is 12.1. The van der Waals surface area contributed by atoms with Gasteiger partial charge in [-0.2, -0.15) is 0 Å². The van der Waals surface area contributed by atoms with Crippen LogP contribution in [0.4, 0.5) is 16.2 Å². The number of carbonyl (C=O) groups is 3. The van der Waals surface area contributed by atoms with Gasteiger partial charge in [0.05, 0.1) is 18.6 Å². The van der Waals surface area contributed by atoms with E-state index < -0.39 is 5.41 Å². The molecule has 0 spiro atoms. The van der Waals surface area contributed by atoms with Crippen LogP contribution < -0.4 is 15.5 Å². The van der Waals surface area contributed by atoms with Gasteiger partial charge in [0.1, 0.15) is 0 Å². The maximum atomic E-state index is 13.8. The number of carbonyl (C=O) groups excluding carboxylic acids is 3. The van der Waals surface area contributed by atoms with Crippen molar-refractivity contribution >= 4 is 29.2 Å². The van der Waals surface area contributed by atoms with E-state index in [1.807, 2.05) is 56.6 Å². The molecule has 290 valence electrons. The fourth-order valence-corrected chi connectivity index (χ4v) is 8.66. The highest BCUT2D eigenvalue weighted by atomic mass is 16.5. The SMILES string of the molecule is CCNC(=O)Nc1cc(C)c(C(=O)N2CCC(C)(N3CCC(N(Cc4ccccc4)c4ccc(C(C)(C)C(=O)N5CCOCC5)cc4)CC3)CC2)c(C)c1. The second kappa shape index (κ2) is 16.9. The molecule has 2 N–H and O–H groups in total. The summed E-state index contributed by atoms with van der Waals surface area (Å²) in [6.45, 7) is 19.6. The lowest BCUT2D eigenvalue weighted by atomic mass is 9.82. The Morgan fingerprint density at radius 1 is 0.852 bits per heavy atom. The molecule has 3 aromatic rings. The summed E-state index contributed by atoms with van der Waals surface area (Å²) in [7, 11) is 0. The Kier molecular flexibility index (Phi) is 12.3. The van der Waals surface area contributed by atoms with Crippen molar-refractivity contribution in [1.29, 1.82) is 0 Å². The van der Waals surface area contributed by atoms with Gasteiger partial charge >= 0.3 is 6.03 Å². The number of likely N-dealkylation sites (tertiary alicyclic amines) is 2. The highest BCUT2D eigenvalue weighted by molar-refractivity contribution is 5.98. The normalized spacial score (nSPS) is 18.3. The molecule has 0 unspecified atom stereocenters. The number of anilines is 2. The number of nitrogens with one attached hydrogen (secondary N) is 2. The van der Waals surface area contributed by atoms with E-state index in [1.165, 1.54) is 11.3 Å². The highest BCUT2D eigenvalue weighted by Crippen LogP contribution is 2.36. The van der Waals surface area contributed by atoms with Gasteiger partial charge in [-0.25, -0.2) is 4.79 Å². The van der Waals surface area contributed by atoms with Crippen molar-refractivity contribution in [3.8, 4) is 0 Å². The molecular formula is C44H60N6O4. The Balaban J connectivity index is 1.09. The van der Waals surface area contributed by atoms with Crippen molar-refractivity contribution in [3.63, 3.8) is 0 Å². The van der Waals surface area contributed by atoms with Crippen LogP contribution in [0.2, 0.25) is 0 Å². The van der Waals surface area contributed by atoms with Crippen LogP contribution in [0.5, 0.6) is 0 Å². The molecule has 3 aromatic carbocycles. The standard InChI is InChI=1S/C44H60N6O4/c1-7-45-42(53)46-36-29-32(2)39(33(3)30-36)40(51)47-23-19-44(6,20-24-47)49-21-17-38(18-22-49)50(31-34-11-9-8-10-12-34)37-15-13-35(14-16-37)43(4,5)41(52)48-25-27-54-28-26-48/h8-16,29-30,38H,7,17-28,31H2,1-6H3,(H2,45,46,53). The molecule has 10 nitrogen and oxygen atoms in total. The molecule has 3 fully saturated rings. The minimum atomic E-state index is -0.617. The molecule has 0 saturated carbocycles. The van der Waals surface area contributed by atoms with Crippen LogP contribution in [-0.4, -0.2) is 103 Å². The number of rotatable bonds is 10. The summed E-state index contributed by atoms with van der Waals surface area (Å²) in [4.78, 5) is 48.6. The molecule has 0 bridgehead atoms. The van der Waals surface area contributed by atoms with Crippen LogP contribution in [-0.2, 0) is 21.5 Å². The highest BCUT2D eigenvalue weighted by Gasteiger charge is 2.40. The summed E-state index contributed by atoms with van der Waals surface area (Å²) in [5, 5.41) is 5.63. The van der Waals surface area contributed by atoms with Gasteiger partial charge in [0.15, 0.2) is 0 Å². The summed E-state index contributed by atoms with van der Waals surface area (Å²) < 4.78 is 5.49. The molecule has 0 aromatic heterocycles. The Morgan fingerprint density at radius 2 is 1.46 bits per heavy atom. The third kappa shape index (κ3) is 8.76. The first-order valence-corrected chi connectivity index (χ1v) is 19.9. The number of hydrogen-bond acceptors (Lipinski definition) is 6. The maximum Gasteiger partial charge on any atom is 0.319 e. The van der Waals surface area contributed by atoms with Crippen molar-refractivity contribution in [2.45, 2.75) is 90.8 Å². The second-order valence-corrected chi connectivity index (χ2v) is 16.2. The summed E-state index contributed by atoms with van der Waals surface area (Å²) in [5.41, 5.74) is 6.11. The fraction of sp³-hybridized carbons (Fsp3) is 0.523. The van der Waals surface area contributed by atoms with Crippen molar-refractivity contribution in [2.24, 2.45) is 0 Å². The number of hydrogen-bond donors (Lipinski definition) is 2. The predicted molar refractivity (Wildman–Crippen MR) is 216 cm³/mol. The Morgan fingerprint density at radius 3 is 2.06 bits per heavy atom. The van der Waals surface area contributed by atoms with Gasteiger partial charge in [0.2, 0.25) is 5.91 Å². The number of urea groups is 1. The zero-order valence-electron chi connectivity index (χ0n) is 33.2. The summed E-state index contributed by atoms with van der Waals surface area (Å²) in [5.74, 6) is 0.230. The van der Waals surface area contributed by atoms with Gasteiger partial charge in [0, 0.05) is 80.9 Å². The number of amides is 4. The van der Waals surface area contributed by atoms with Crippen LogP contribution in [0, 0.1) is 13.8 Å². The zero-order valence-corrected chi connectivity index (χ0v) is 33.2. The molecule has 0 radical (unpaired) electrons. The maximum absolute atomic E-state index is 13.8. The minimum Gasteiger partial charge on any atom is -0.378 e. The zero-order chi connectivity index (χ0) is 38.5. The van der Waals surface area contributed by atoms with Gasteiger partial charge < -0.3 is 30.1 Å². The molecule has 3 aliphatic heterocycles. The number of morpholine rings is 1. The number of aryl methyl sites for hydroxylation is 2. The fourth-order valence-electron chi connectivity index (χ4n) is 8.66. The van der Waals surface area contributed by atoms with Crippen LogP contribution >= 0.6 is 0 Å². The predicted octanol–water partition coefficient (Wildman–Crippen LogP) is 6.75. The van der Waals surface area contributed by atoms with E-state index in [2.05, 4.69) is 82.0 Å². The Hall–Kier alpha value is -4.41. The van der Waals surface area contributed by atoms with Crippen LogP contribution in [0.15, 0.2) is 66.7 Å². The average molecular weight is 737 g/mol. The molecule has 3 saturated heterocycles. The van der Waals surface area contributed by atoms with Crippen molar-refractivity contribution < 1.29 is 19.1 Å². The summed E-state index contributed by atoms with van der Waals surface area (Å²) >= 11 is 0. The van der Waals surface area contributed by atoms with E-state index in [-0.39, 0.29) is 23.4 Å². The Labute approximate surface area is 322 Å². The molecule has 4 amide bonds. The van der Waals surface area contributed by atoms with E-state index in [0.717, 1.165) is 80.7 Å². The first-order chi connectivity index (χ1) is 25.9. The van der Waals surface area contributed by atoms with Crippen LogP contribution in [0.25, 0.3) is 0 Å². The largest absolute Gasteiger partial charge is 0.378 e. The molecule has 10 heteroatoms. The van der Waals surface area contributed by atoms with Crippen molar-refractivity contribution in [3.05, 3.63) is 94.5 Å². The molecule has 0 aliphatic carbocycles. The van der Waals surface area contributed by atoms with Crippen molar-refractivity contribution in [1.82, 2.24) is 20.0 Å². The van der Waals surface area contributed by atoms with Gasteiger partial charge in [-0.1, -0.05) is 42.5 Å². The second-order valence-electron chi connectivity index (χ2n) is 16.2. The smallest absolute Gasteiger partial charge is 0.319 e. The van der Waals surface area contributed by atoms with E-state index in [1.54, 1.807) is 0 Å². The van der Waals surface area contributed by atoms with Crippen LogP contribution in [0.1, 0.15) is 86.0 Å². The minimum absolute atomic E-state index is 0.0385. The molecular weight excluding hydrogens is 677 g/mol. The van der Waals surface area contributed by atoms with Gasteiger partial charge in [-0.15, -0.1) is 0 Å². The summed E-state index contributed by atoms with van der Waals surface area (Å²) in [6.07, 6.45) is 3.99. The molecule has 3 aliphatic rings. The number of ether oxygens (including phenoxy) is 1. The van der Waals surface area contributed by atoms with E-state index in [4.69, 9.17) is 4.74 Å². The molecule has 3 heterocycles. The average Bonchev–Trinajstić information content (AvgIpc) is 3.17. The third-order valence-corrected chi connectivity index (χ3v) is 12.1. The van der Waals surface area contributed by atoms with E-state index in [0.29, 0.717) is 44.6 Å². The molecule has 0 atom stereocenters. The van der Waals surface area contributed by atoms with Gasteiger partial charge in [-0.05, 0) is 114 Å². The number of piperidine rings is 2. The molecule has 6 rings (SSSR count). The first-order valence-electron chi connectivity index (χ1n) is 19.9. The van der Waals surface area contributed by atoms with Crippen molar-refractivity contribution in [2.75, 3.05) is 69.2 Å². The topological polar surface area (TPSA) is 97.5 Å². The number of nitrogens with zero attached hydrogens (tertiary/aromatic N) is 4. The molecule has 54 heavy (non-hydrogen) atoms. The quantitative estimate of drug-likeness (QED) is 0.239. The first kappa shape index (κ1) is 39.3. The number of benzene rings is 3. The van der Waals surface area contributed by atoms with E-state index in [9.17, 15) is 14.4 Å². The van der Waals surface area contributed by atoms with Gasteiger partial charge in [-0.3, -0.25) is 14.5 Å². The summed E-state index contributed by atoms with van der Waals surface area (Å²) in [6, 6.07) is 23.3. The lowest BCUT2D eigenvalue weighted by molar-refractivity contribution is -0.140. The van der Waals surface area contributed by atoms with Gasteiger partial charge in [0.25, 0.3) is 5.91 Å². The monoisotopic (exact) mass is 736 g/mol. The van der Waals surface area contributed by atoms with E-state index >= 15 is 0 Å².